The number of hydrogen-bond donors (Lipinski definition) is 1. The van der Waals surface area contributed by atoms with Gasteiger partial charge in [0.15, 0.2) is 0 Å². The van der Waals surface area contributed by atoms with Gasteiger partial charge in [0.05, 0.1) is 17.7 Å². The van der Waals surface area contributed by atoms with Crippen LogP contribution in [0, 0.1) is 11.3 Å². The molecule has 5 heteroatoms. The molecule has 1 aromatic carbocycles. The number of nitriles is 1. The van der Waals surface area contributed by atoms with Crippen molar-refractivity contribution in [3.63, 3.8) is 0 Å². The maximum Gasteiger partial charge on any atom is 0.339 e. The Morgan fingerprint density at radius 3 is 2.81 bits per heavy atom. The van der Waals surface area contributed by atoms with Gasteiger partial charge < -0.3 is 10.5 Å². The highest BCUT2D eigenvalue weighted by molar-refractivity contribution is 9.10. The Bertz CT molecular complexity index is 452. The molecule has 16 heavy (non-hydrogen) atoms. The number of carbonyl (C=O) groups is 1. The summed E-state index contributed by atoms with van der Waals surface area (Å²) < 4.78 is 5.58. The summed E-state index contributed by atoms with van der Waals surface area (Å²) in [5.41, 5.74) is 6.67. The van der Waals surface area contributed by atoms with E-state index in [-0.39, 0.29) is 24.3 Å². The SMILES string of the molecule is CCOC(=O)c1cc(Br)cc(CN)c1C#N. The average Bonchev–Trinajstić information content (AvgIpc) is 2.28. The van der Waals surface area contributed by atoms with Gasteiger partial charge in [-0.1, -0.05) is 15.9 Å². The number of halogens is 1. The lowest BCUT2D eigenvalue weighted by atomic mass is 10.0. The molecular formula is C11H11BrN2O2. The molecule has 2 N–H and O–H groups in total. The third-order valence-corrected chi connectivity index (χ3v) is 2.47. The van der Waals surface area contributed by atoms with E-state index in [0.717, 1.165) is 0 Å². The molecule has 1 rings (SSSR count). The lowest BCUT2D eigenvalue weighted by Crippen LogP contribution is -2.10. The Balaban J connectivity index is 3.32. The van der Waals surface area contributed by atoms with Crippen LogP contribution in [0.3, 0.4) is 0 Å². The van der Waals surface area contributed by atoms with Crippen LogP contribution in [0.25, 0.3) is 0 Å². The fourth-order valence-electron chi connectivity index (χ4n) is 1.33. The maximum absolute atomic E-state index is 11.6. The van der Waals surface area contributed by atoms with Gasteiger partial charge in [-0.2, -0.15) is 5.26 Å². The fourth-order valence-corrected chi connectivity index (χ4v) is 1.83. The molecule has 0 atom stereocenters. The number of benzene rings is 1. The van der Waals surface area contributed by atoms with Gasteiger partial charge in [-0.05, 0) is 24.6 Å². The van der Waals surface area contributed by atoms with E-state index in [0.29, 0.717) is 10.0 Å². The Labute approximate surface area is 102 Å². The molecule has 0 heterocycles. The highest BCUT2D eigenvalue weighted by atomic mass is 79.9. The summed E-state index contributed by atoms with van der Waals surface area (Å²) in [6, 6.07) is 5.27. The van der Waals surface area contributed by atoms with E-state index in [1.807, 2.05) is 6.07 Å². The zero-order chi connectivity index (χ0) is 12.1. The average molecular weight is 283 g/mol. The van der Waals surface area contributed by atoms with E-state index >= 15 is 0 Å². The highest BCUT2D eigenvalue weighted by Gasteiger charge is 2.16. The summed E-state index contributed by atoms with van der Waals surface area (Å²) in [5, 5.41) is 9.01. The van der Waals surface area contributed by atoms with Crippen molar-refractivity contribution in [2.24, 2.45) is 5.73 Å². The first kappa shape index (κ1) is 12.7. The van der Waals surface area contributed by atoms with Gasteiger partial charge in [-0.3, -0.25) is 0 Å². The number of rotatable bonds is 3. The van der Waals surface area contributed by atoms with E-state index in [1.165, 1.54) is 0 Å². The monoisotopic (exact) mass is 282 g/mol. The van der Waals surface area contributed by atoms with Crippen LogP contribution in [0.4, 0.5) is 0 Å². The Morgan fingerprint density at radius 2 is 2.31 bits per heavy atom. The van der Waals surface area contributed by atoms with Crippen LogP contribution in [0.2, 0.25) is 0 Å². The molecule has 0 aliphatic carbocycles. The number of nitrogens with two attached hydrogens (primary N) is 1. The van der Waals surface area contributed by atoms with E-state index in [1.54, 1.807) is 19.1 Å². The first-order valence-electron chi connectivity index (χ1n) is 4.73. The van der Waals surface area contributed by atoms with Crippen LogP contribution in [-0.4, -0.2) is 12.6 Å². The Kier molecular flexibility index (Phi) is 4.47. The lowest BCUT2D eigenvalue weighted by Gasteiger charge is -2.08. The molecule has 0 saturated heterocycles. The molecular weight excluding hydrogens is 272 g/mol. The first-order valence-corrected chi connectivity index (χ1v) is 5.53. The smallest absolute Gasteiger partial charge is 0.339 e. The quantitative estimate of drug-likeness (QED) is 0.860. The highest BCUT2D eigenvalue weighted by Crippen LogP contribution is 2.21. The number of ether oxygens (including phenoxy) is 1. The fraction of sp³-hybridized carbons (Fsp3) is 0.273. The van der Waals surface area contributed by atoms with Gasteiger partial charge >= 0.3 is 5.97 Å². The molecule has 0 fully saturated rings. The van der Waals surface area contributed by atoms with Gasteiger partial charge in [0.1, 0.15) is 6.07 Å². The molecule has 84 valence electrons. The van der Waals surface area contributed by atoms with Crippen LogP contribution < -0.4 is 5.73 Å². The molecule has 0 aliphatic heterocycles. The van der Waals surface area contributed by atoms with Gasteiger partial charge in [0, 0.05) is 11.0 Å². The molecule has 0 amide bonds. The summed E-state index contributed by atoms with van der Waals surface area (Å²) in [5.74, 6) is -0.505. The van der Waals surface area contributed by atoms with Crippen molar-refractivity contribution < 1.29 is 9.53 Å². The summed E-state index contributed by atoms with van der Waals surface area (Å²) in [4.78, 5) is 11.6. The molecule has 1 aromatic rings. The molecule has 0 aliphatic rings. The third kappa shape index (κ3) is 2.60. The Morgan fingerprint density at radius 1 is 1.62 bits per heavy atom. The van der Waals surface area contributed by atoms with Crippen LogP contribution in [0.5, 0.6) is 0 Å². The first-order chi connectivity index (χ1) is 7.63. The largest absolute Gasteiger partial charge is 0.462 e. The number of carbonyl (C=O) groups excluding carboxylic acids is 1. The predicted molar refractivity (Wildman–Crippen MR) is 62.7 cm³/mol. The second-order valence-corrected chi connectivity index (χ2v) is 3.94. The number of esters is 1. The van der Waals surface area contributed by atoms with Crippen LogP contribution in [-0.2, 0) is 11.3 Å². The van der Waals surface area contributed by atoms with E-state index in [9.17, 15) is 4.79 Å². The van der Waals surface area contributed by atoms with E-state index in [2.05, 4.69) is 15.9 Å². The van der Waals surface area contributed by atoms with Crippen LogP contribution in [0.1, 0.15) is 28.4 Å². The topological polar surface area (TPSA) is 76.1 Å². The summed E-state index contributed by atoms with van der Waals surface area (Å²) in [6.07, 6.45) is 0. The molecule has 0 unspecified atom stereocenters. The zero-order valence-electron chi connectivity index (χ0n) is 8.79. The van der Waals surface area contributed by atoms with Crippen molar-refractivity contribution in [2.45, 2.75) is 13.5 Å². The normalized spacial score (nSPS) is 9.62. The molecule has 0 aromatic heterocycles. The van der Waals surface area contributed by atoms with Gasteiger partial charge in [-0.15, -0.1) is 0 Å². The van der Waals surface area contributed by atoms with E-state index < -0.39 is 5.97 Å². The van der Waals surface area contributed by atoms with Gasteiger partial charge in [0.2, 0.25) is 0 Å². The van der Waals surface area contributed by atoms with E-state index in [4.69, 9.17) is 15.7 Å². The second-order valence-electron chi connectivity index (χ2n) is 3.02. The molecule has 0 saturated carbocycles. The zero-order valence-corrected chi connectivity index (χ0v) is 10.4. The predicted octanol–water partition coefficient (Wildman–Crippen LogP) is 1.96. The minimum Gasteiger partial charge on any atom is -0.462 e. The van der Waals surface area contributed by atoms with Crippen molar-refractivity contribution in [1.82, 2.24) is 0 Å². The van der Waals surface area contributed by atoms with Crippen molar-refractivity contribution in [3.8, 4) is 6.07 Å². The molecule has 0 radical (unpaired) electrons. The lowest BCUT2D eigenvalue weighted by molar-refractivity contribution is 0.0526. The van der Waals surface area contributed by atoms with Crippen molar-refractivity contribution in [1.29, 1.82) is 5.26 Å². The van der Waals surface area contributed by atoms with Crippen molar-refractivity contribution in [3.05, 3.63) is 33.3 Å². The maximum atomic E-state index is 11.6. The van der Waals surface area contributed by atoms with Crippen LogP contribution in [0.15, 0.2) is 16.6 Å². The standard InChI is InChI=1S/C11H11BrN2O2/c1-2-16-11(15)9-4-8(12)3-7(5-13)10(9)6-14/h3-4H,2,5,13H2,1H3. The summed E-state index contributed by atoms with van der Waals surface area (Å²) >= 11 is 3.26. The summed E-state index contributed by atoms with van der Waals surface area (Å²) in [7, 11) is 0. The van der Waals surface area contributed by atoms with Gasteiger partial charge in [-0.25, -0.2) is 4.79 Å². The number of hydrogen-bond acceptors (Lipinski definition) is 4. The molecule has 4 nitrogen and oxygen atoms in total. The van der Waals surface area contributed by atoms with Crippen molar-refractivity contribution in [2.75, 3.05) is 6.61 Å². The minimum atomic E-state index is -0.505. The van der Waals surface area contributed by atoms with Gasteiger partial charge in [0.25, 0.3) is 0 Å². The van der Waals surface area contributed by atoms with Crippen LogP contribution >= 0.6 is 15.9 Å². The summed E-state index contributed by atoms with van der Waals surface area (Å²) in [6.45, 7) is 2.19. The molecule has 0 bridgehead atoms. The second kappa shape index (κ2) is 5.64. The Hall–Kier alpha value is -1.38. The number of nitrogens with zero attached hydrogens (tertiary/aromatic N) is 1. The molecule has 0 spiro atoms. The third-order valence-electron chi connectivity index (χ3n) is 2.01. The van der Waals surface area contributed by atoms with Crippen molar-refractivity contribution >= 4 is 21.9 Å². The minimum absolute atomic E-state index is 0.203.